The minimum absolute atomic E-state index is 0.000532. The molecule has 2 aliphatic carbocycles. The Bertz CT molecular complexity index is 2440. The molecule has 3 saturated heterocycles. The summed E-state index contributed by atoms with van der Waals surface area (Å²) in [5, 5.41) is 15.5. The average molecular weight is 780 g/mol. The van der Waals surface area contributed by atoms with Crippen molar-refractivity contribution in [2.75, 3.05) is 27.2 Å². The molecule has 2 amide bonds. The van der Waals surface area contributed by atoms with E-state index in [0.29, 0.717) is 69.4 Å². The van der Waals surface area contributed by atoms with Gasteiger partial charge >= 0.3 is 0 Å². The van der Waals surface area contributed by atoms with E-state index >= 15 is 4.39 Å². The first-order valence-electron chi connectivity index (χ1n) is 19.0. The van der Waals surface area contributed by atoms with E-state index in [1.165, 1.54) is 4.90 Å². The molecule has 5 aliphatic rings. The lowest BCUT2D eigenvalue weighted by Crippen LogP contribution is -2.41. The highest BCUT2D eigenvalue weighted by Crippen LogP contribution is 2.51. The summed E-state index contributed by atoms with van der Waals surface area (Å²) in [6.07, 6.45) is 3.55. The molecule has 55 heavy (non-hydrogen) atoms. The van der Waals surface area contributed by atoms with E-state index in [4.69, 9.17) is 32.9 Å². The zero-order chi connectivity index (χ0) is 38.3. The molecule has 3 aliphatic heterocycles. The predicted octanol–water partition coefficient (Wildman–Crippen LogP) is 8.43. The third-order valence-corrected chi connectivity index (χ3v) is 12.9. The molecule has 2 saturated carbocycles. The van der Waals surface area contributed by atoms with Crippen LogP contribution >= 0.6 is 23.2 Å². The van der Waals surface area contributed by atoms with E-state index in [2.05, 4.69) is 22.0 Å². The van der Waals surface area contributed by atoms with Crippen LogP contribution in [0, 0.1) is 35.9 Å². The Balaban J connectivity index is 1.22. The van der Waals surface area contributed by atoms with Crippen LogP contribution in [0.5, 0.6) is 5.75 Å². The Morgan fingerprint density at radius 1 is 1.09 bits per heavy atom. The molecule has 12 heteroatoms. The number of ether oxygens (including phenoxy) is 1. The molecule has 0 spiro atoms. The SMILES string of the molecule is Cc1nc2c(F)c(-c3cccc(Cl)c3Cl)c(CCC#N)cc2c2c1cc(C1CC(Oc3cccc(C(=O)N(C)C)c3)CN1C(=O)C1CC1)n2C1C2CNC1C2. The molecular formula is C43H41Cl2FN6O3. The number of carbonyl (C=O) groups excluding carboxylic acids is 2. The molecule has 5 aromatic rings. The van der Waals surface area contributed by atoms with Crippen molar-refractivity contribution in [1.82, 2.24) is 24.7 Å². The highest BCUT2D eigenvalue weighted by molar-refractivity contribution is 6.43. The number of nitriles is 1. The number of nitrogens with zero attached hydrogens (tertiary/aromatic N) is 5. The van der Waals surface area contributed by atoms with E-state index in [1.54, 1.807) is 44.4 Å². The molecule has 2 bridgehead atoms. The zero-order valence-electron chi connectivity index (χ0n) is 30.9. The number of aryl methyl sites for hydroxylation is 2. The van der Waals surface area contributed by atoms with Crippen LogP contribution in [-0.2, 0) is 11.2 Å². The number of aromatic nitrogens is 2. The van der Waals surface area contributed by atoms with Gasteiger partial charge in [-0.1, -0.05) is 41.4 Å². The van der Waals surface area contributed by atoms with E-state index in [-0.39, 0.29) is 58.9 Å². The van der Waals surface area contributed by atoms with Crippen LogP contribution in [0.25, 0.3) is 32.9 Å². The number of amides is 2. The van der Waals surface area contributed by atoms with E-state index in [0.717, 1.165) is 42.4 Å². The van der Waals surface area contributed by atoms with Gasteiger partial charge < -0.3 is 24.4 Å². The van der Waals surface area contributed by atoms with Gasteiger partial charge in [0.2, 0.25) is 5.91 Å². The summed E-state index contributed by atoms with van der Waals surface area (Å²) in [4.78, 5) is 35.3. The quantitative estimate of drug-likeness (QED) is 0.161. The van der Waals surface area contributed by atoms with Crippen LogP contribution < -0.4 is 10.1 Å². The minimum Gasteiger partial charge on any atom is -0.488 e. The Kier molecular flexibility index (Phi) is 9.03. The first-order chi connectivity index (χ1) is 26.5. The molecule has 5 atom stereocenters. The highest BCUT2D eigenvalue weighted by atomic mass is 35.5. The van der Waals surface area contributed by atoms with E-state index < -0.39 is 5.82 Å². The molecule has 5 heterocycles. The number of hydrogen-bond donors (Lipinski definition) is 1. The van der Waals surface area contributed by atoms with Gasteiger partial charge in [0.1, 0.15) is 17.4 Å². The van der Waals surface area contributed by atoms with Crippen LogP contribution in [0.1, 0.15) is 71.5 Å². The second-order valence-electron chi connectivity index (χ2n) is 15.8. The van der Waals surface area contributed by atoms with Crippen LogP contribution in [0.2, 0.25) is 10.0 Å². The minimum atomic E-state index is -0.501. The van der Waals surface area contributed by atoms with Crippen molar-refractivity contribution in [3.05, 3.63) is 93.0 Å². The Morgan fingerprint density at radius 2 is 1.89 bits per heavy atom. The van der Waals surface area contributed by atoms with Gasteiger partial charge in [-0.15, -0.1) is 0 Å². The third kappa shape index (κ3) is 6.03. The topological polar surface area (TPSA) is 103 Å². The van der Waals surface area contributed by atoms with Gasteiger partial charge in [0.25, 0.3) is 5.91 Å². The van der Waals surface area contributed by atoms with Gasteiger partial charge in [-0.25, -0.2) is 9.37 Å². The summed E-state index contributed by atoms with van der Waals surface area (Å²) in [6, 6.07) is 18.8. The van der Waals surface area contributed by atoms with Crippen LogP contribution in [-0.4, -0.2) is 70.5 Å². The monoisotopic (exact) mass is 778 g/mol. The number of pyridine rings is 1. The smallest absolute Gasteiger partial charge is 0.253 e. The normalized spacial score (nSPS) is 22.9. The standard InChI is InChI=1S/C43H41Cl2FN6O3/c1-22-30-19-35(34-18-28(21-51(34)43(54)23-12-13-23)55-27-9-4-7-25(15-27)42(53)50(2)3)52(40-26-17-33(40)48-20-26)41(30)31-16-24(8-6-14-47)36(38(46)39(31)49-22)29-10-5-11-32(44)37(29)45/h4-5,7,9-11,15-16,19,23,26,28,33-34,40,48H,6,8,12-13,17-18,20-21H2,1-3H3. The molecule has 10 rings (SSSR count). The molecule has 2 aromatic heterocycles. The number of benzene rings is 3. The van der Waals surface area contributed by atoms with Gasteiger partial charge in [-0.05, 0) is 80.5 Å². The summed E-state index contributed by atoms with van der Waals surface area (Å²) in [6.45, 7) is 3.21. The molecule has 9 nitrogen and oxygen atoms in total. The van der Waals surface area contributed by atoms with Crippen molar-refractivity contribution in [2.45, 2.75) is 69.7 Å². The molecule has 0 radical (unpaired) electrons. The van der Waals surface area contributed by atoms with Crippen molar-refractivity contribution >= 4 is 56.8 Å². The van der Waals surface area contributed by atoms with E-state index in [9.17, 15) is 14.9 Å². The summed E-state index contributed by atoms with van der Waals surface area (Å²) < 4.78 is 26.2. The maximum absolute atomic E-state index is 17.2. The Morgan fingerprint density at radius 3 is 2.60 bits per heavy atom. The molecular weight excluding hydrogens is 738 g/mol. The number of nitrogens with one attached hydrogen (secondary N) is 1. The van der Waals surface area contributed by atoms with Gasteiger partial charge in [0.05, 0.1) is 40.3 Å². The van der Waals surface area contributed by atoms with Crippen LogP contribution in [0.4, 0.5) is 4.39 Å². The fourth-order valence-electron chi connectivity index (χ4n) is 9.22. The summed E-state index contributed by atoms with van der Waals surface area (Å²) >= 11 is 13.1. The number of rotatable bonds is 9. The largest absolute Gasteiger partial charge is 0.488 e. The molecule has 5 unspecified atom stereocenters. The number of halogens is 3. The maximum Gasteiger partial charge on any atom is 0.253 e. The fourth-order valence-corrected chi connectivity index (χ4v) is 9.62. The van der Waals surface area contributed by atoms with Crippen LogP contribution in [0.15, 0.2) is 54.6 Å². The lowest BCUT2D eigenvalue weighted by molar-refractivity contribution is -0.133. The maximum atomic E-state index is 17.2. The van der Waals surface area contributed by atoms with Crippen molar-refractivity contribution in [2.24, 2.45) is 11.8 Å². The molecule has 282 valence electrons. The van der Waals surface area contributed by atoms with E-state index in [1.807, 2.05) is 30.0 Å². The van der Waals surface area contributed by atoms with Crippen LogP contribution in [0.3, 0.4) is 0 Å². The fraction of sp³-hybridized carbons (Fsp3) is 0.395. The van der Waals surface area contributed by atoms with Crippen molar-refractivity contribution in [3.8, 4) is 22.9 Å². The number of fused-ring (bicyclic) bond motifs is 4. The molecule has 3 aromatic carbocycles. The van der Waals surface area contributed by atoms with Gasteiger partial charge in [0, 0.05) is 84.3 Å². The van der Waals surface area contributed by atoms with Gasteiger partial charge in [-0.2, -0.15) is 5.26 Å². The Labute approximate surface area is 328 Å². The van der Waals surface area contributed by atoms with Crippen molar-refractivity contribution in [1.29, 1.82) is 5.26 Å². The van der Waals surface area contributed by atoms with Crippen molar-refractivity contribution in [3.63, 3.8) is 0 Å². The first-order valence-corrected chi connectivity index (χ1v) is 19.8. The molecule has 1 N–H and O–H groups in total. The summed E-state index contributed by atoms with van der Waals surface area (Å²) in [5.74, 6) is 0.485. The highest BCUT2D eigenvalue weighted by Gasteiger charge is 2.51. The second-order valence-corrected chi connectivity index (χ2v) is 16.5. The predicted molar refractivity (Wildman–Crippen MR) is 211 cm³/mol. The number of hydrogen-bond acceptors (Lipinski definition) is 6. The third-order valence-electron chi connectivity index (χ3n) is 12.0. The lowest BCUT2D eigenvalue weighted by Gasteiger charge is -2.39. The molecule has 5 fully saturated rings. The van der Waals surface area contributed by atoms with Crippen molar-refractivity contribution < 1.29 is 18.7 Å². The first kappa shape index (κ1) is 36.0. The summed E-state index contributed by atoms with van der Waals surface area (Å²) in [7, 11) is 3.44. The van der Waals surface area contributed by atoms with Gasteiger partial charge in [0.15, 0.2) is 5.82 Å². The second kappa shape index (κ2) is 13.8. The average Bonchev–Trinajstić information content (AvgIpc) is 3.44. The summed E-state index contributed by atoms with van der Waals surface area (Å²) in [5.41, 5.74) is 4.75. The number of carbonyl (C=O) groups is 2. The lowest BCUT2D eigenvalue weighted by atomic mass is 9.79. The zero-order valence-corrected chi connectivity index (χ0v) is 32.4. The number of likely N-dealkylation sites (tertiary alicyclic amines) is 1. The Hall–Kier alpha value is -4.69. The van der Waals surface area contributed by atoms with Gasteiger partial charge in [-0.3, -0.25) is 9.59 Å².